The van der Waals surface area contributed by atoms with E-state index in [2.05, 4.69) is 14.7 Å². The monoisotopic (exact) mass is 453 g/mol. The van der Waals surface area contributed by atoms with E-state index < -0.39 is 6.04 Å². The Labute approximate surface area is 194 Å². The summed E-state index contributed by atoms with van der Waals surface area (Å²) in [6, 6.07) is 14.0. The molecule has 2 aromatic carbocycles. The molecule has 3 N–H and O–H groups in total. The highest BCUT2D eigenvalue weighted by Crippen LogP contribution is 2.28. The molecule has 0 aromatic heterocycles. The summed E-state index contributed by atoms with van der Waals surface area (Å²) in [6.45, 7) is 5.51. The summed E-state index contributed by atoms with van der Waals surface area (Å²) >= 11 is 0. The number of hydrogen-bond acceptors (Lipinski definition) is 6. The van der Waals surface area contributed by atoms with Gasteiger partial charge >= 0.3 is 5.97 Å². The van der Waals surface area contributed by atoms with Crippen molar-refractivity contribution in [3.63, 3.8) is 0 Å². The molecule has 0 aliphatic carbocycles. The normalized spacial score (nSPS) is 19.3. The average molecular weight is 454 g/mol. The van der Waals surface area contributed by atoms with Gasteiger partial charge in [-0.15, -0.1) is 0 Å². The van der Waals surface area contributed by atoms with Gasteiger partial charge in [-0.1, -0.05) is 12.1 Å². The lowest BCUT2D eigenvalue weighted by Gasteiger charge is -2.44. The Kier molecular flexibility index (Phi) is 7.25. The van der Waals surface area contributed by atoms with E-state index in [0.29, 0.717) is 6.04 Å². The van der Waals surface area contributed by atoms with Crippen molar-refractivity contribution in [2.75, 3.05) is 51.3 Å². The van der Waals surface area contributed by atoms with E-state index in [-0.39, 0.29) is 17.6 Å². The first-order valence-electron chi connectivity index (χ1n) is 11.5. The van der Waals surface area contributed by atoms with E-state index >= 15 is 0 Å². The molecule has 1 unspecified atom stereocenters. The number of piperazine rings is 1. The van der Waals surface area contributed by atoms with Crippen molar-refractivity contribution in [2.24, 2.45) is 5.73 Å². The molecule has 2 aliphatic heterocycles. The van der Waals surface area contributed by atoms with E-state index in [1.165, 1.54) is 19.2 Å². The Morgan fingerprint density at radius 3 is 2.15 bits per heavy atom. The number of benzene rings is 2. The SMILES string of the molecule is COC(=O)C(c1ccc(F)cc1)N1CCC(N2CCN(c3ccc(C(=N)N)cc3)CC2)CC1. The number of nitrogens with two attached hydrogens (primary N) is 1. The van der Waals surface area contributed by atoms with Gasteiger partial charge in [-0.25, -0.2) is 9.18 Å². The van der Waals surface area contributed by atoms with Gasteiger partial charge in [0.15, 0.2) is 0 Å². The van der Waals surface area contributed by atoms with E-state index in [1.807, 2.05) is 24.3 Å². The van der Waals surface area contributed by atoms with Crippen molar-refractivity contribution in [3.8, 4) is 0 Å². The van der Waals surface area contributed by atoms with Crippen molar-refractivity contribution in [3.05, 3.63) is 65.5 Å². The second kappa shape index (κ2) is 10.3. The molecule has 176 valence electrons. The third-order valence-corrected chi connectivity index (χ3v) is 6.85. The summed E-state index contributed by atoms with van der Waals surface area (Å²) in [5.41, 5.74) is 8.23. The van der Waals surface area contributed by atoms with Crippen molar-refractivity contribution in [1.29, 1.82) is 5.41 Å². The maximum atomic E-state index is 13.4. The molecule has 0 bridgehead atoms. The molecule has 7 nitrogen and oxygen atoms in total. The van der Waals surface area contributed by atoms with E-state index in [4.69, 9.17) is 15.9 Å². The number of anilines is 1. The number of nitrogens with one attached hydrogen (secondary N) is 1. The Bertz CT molecular complexity index is 950. The Balaban J connectivity index is 1.32. The van der Waals surface area contributed by atoms with Crippen LogP contribution in [-0.2, 0) is 9.53 Å². The summed E-state index contributed by atoms with van der Waals surface area (Å²) in [7, 11) is 1.40. The lowest BCUT2D eigenvalue weighted by Crippen LogP contribution is -2.54. The summed E-state index contributed by atoms with van der Waals surface area (Å²) < 4.78 is 18.4. The van der Waals surface area contributed by atoms with E-state index in [9.17, 15) is 9.18 Å². The van der Waals surface area contributed by atoms with Gasteiger partial charge in [-0.2, -0.15) is 0 Å². The van der Waals surface area contributed by atoms with Crippen molar-refractivity contribution in [2.45, 2.75) is 24.9 Å². The molecule has 2 fully saturated rings. The van der Waals surface area contributed by atoms with Crippen LogP contribution in [0.3, 0.4) is 0 Å². The largest absolute Gasteiger partial charge is 0.468 e. The minimum atomic E-state index is -0.494. The van der Waals surface area contributed by atoms with Crippen LogP contribution in [0.4, 0.5) is 10.1 Å². The Morgan fingerprint density at radius 2 is 1.61 bits per heavy atom. The van der Waals surface area contributed by atoms with Crippen LogP contribution in [-0.4, -0.2) is 74.0 Å². The molecular weight excluding hydrogens is 421 g/mol. The molecule has 2 aliphatic rings. The van der Waals surface area contributed by atoms with Gasteiger partial charge in [-0.05, 0) is 54.8 Å². The van der Waals surface area contributed by atoms with Gasteiger partial charge in [0.05, 0.1) is 7.11 Å². The smallest absolute Gasteiger partial charge is 0.327 e. The number of carbonyl (C=O) groups is 1. The Morgan fingerprint density at radius 1 is 1.00 bits per heavy atom. The first kappa shape index (κ1) is 23.2. The summed E-state index contributed by atoms with van der Waals surface area (Å²) in [5, 5.41) is 7.54. The van der Waals surface area contributed by atoms with Crippen molar-refractivity contribution < 1.29 is 13.9 Å². The zero-order valence-corrected chi connectivity index (χ0v) is 19.0. The second-order valence-corrected chi connectivity index (χ2v) is 8.73. The summed E-state index contributed by atoms with van der Waals surface area (Å²) in [6.07, 6.45) is 1.98. The van der Waals surface area contributed by atoms with Crippen LogP contribution < -0.4 is 10.6 Å². The quantitative estimate of drug-likeness (QED) is 0.397. The fraction of sp³-hybridized carbons (Fsp3) is 0.440. The summed E-state index contributed by atoms with van der Waals surface area (Å²) in [5.74, 6) is -0.522. The highest BCUT2D eigenvalue weighted by Gasteiger charge is 2.34. The average Bonchev–Trinajstić information content (AvgIpc) is 2.86. The fourth-order valence-electron chi connectivity index (χ4n) is 4.96. The van der Waals surface area contributed by atoms with Crippen molar-refractivity contribution in [1.82, 2.24) is 9.80 Å². The molecule has 2 heterocycles. The maximum absolute atomic E-state index is 13.4. The van der Waals surface area contributed by atoms with Gasteiger partial charge in [0.1, 0.15) is 17.7 Å². The molecular formula is C25H32FN5O2. The number of carbonyl (C=O) groups excluding carboxylic acids is 1. The number of methoxy groups -OCH3 is 1. The predicted molar refractivity (Wildman–Crippen MR) is 127 cm³/mol. The zero-order chi connectivity index (χ0) is 23.4. The van der Waals surface area contributed by atoms with E-state index in [1.54, 1.807) is 12.1 Å². The minimum Gasteiger partial charge on any atom is -0.468 e. The van der Waals surface area contributed by atoms with Gasteiger partial charge < -0.3 is 15.4 Å². The molecule has 0 amide bonds. The molecule has 2 saturated heterocycles. The first-order valence-corrected chi connectivity index (χ1v) is 11.5. The predicted octanol–water partition coefficient (Wildman–Crippen LogP) is 2.61. The van der Waals surface area contributed by atoms with Crippen LogP contribution in [0.15, 0.2) is 48.5 Å². The number of piperidine rings is 1. The van der Waals surface area contributed by atoms with Crippen LogP contribution in [0.2, 0.25) is 0 Å². The van der Waals surface area contributed by atoms with Gasteiger partial charge in [0.25, 0.3) is 0 Å². The molecule has 2 aromatic rings. The van der Waals surface area contributed by atoms with Crippen LogP contribution in [0.25, 0.3) is 0 Å². The lowest BCUT2D eigenvalue weighted by atomic mass is 9.97. The number of nitrogen functional groups attached to an aromatic ring is 1. The zero-order valence-electron chi connectivity index (χ0n) is 19.0. The highest BCUT2D eigenvalue weighted by molar-refractivity contribution is 5.95. The topological polar surface area (TPSA) is 85.9 Å². The lowest BCUT2D eigenvalue weighted by molar-refractivity contribution is -0.148. The third-order valence-electron chi connectivity index (χ3n) is 6.85. The number of halogens is 1. The van der Waals surface area contributed by atoms with Crippen LogP contribution >= 0.6 is 0 Å². The van der Waals surface area contributed by atoms with Gasteiger partial charge in [0, 0.05) is 56.6 Å². The molecule has 4 rings (SSSR count). The number of amidine groups is 1. The second-order valence-electron chi connectivity index (χ2n) is 8.73. The number of nitrogens with zero attached hydrogens (tertiary/aromatic N) is 3. The fourth-order valence-corrected chi connectivity index (χ4v) is 4.96. The van der Waals surface area contributed by atoms with E-state index in [0.717, 1.165) is 68.9 Å². The number of hydrogen-bond donors (Lipinski definition) is 2. The number of esters is 1. The number of ether oxygens (including phenoxy) is 1. The first-order chi connectivity index (χ1) is 16.0. The highest BCUT2D eigenvalue weighted by atomic mass is 19.1. The third kappa shape index (κ3) is 5.34. The summed E-state index contributed by atoms with van der Waals surface area (Å²) in [4.78, 5) is 19.6. The minimum absolute atomic E-state index is 0.0894. The van der Waals surface area contributed by atoms with Gasteiger partial charge in [-0.3, -0.25) is 15.2 Å². The molecule has 8 heteroatoms. The van der Waals surface area contributed by atoms with Gasteiger partial charge in [0.2, 0.25) is 0 Å². The number of likely N-dealkylation sites (tertiary alicyclic amines) is 1. The number of rotatable bonds is 6. The molecule has 0 radical (unpaired) electrons. The van der Waals surface area contributed by atoms with Crippen LogP contribution in [0.1, 0.15) is 30.0 Å². The molecule has 0 spiro atoms. The Hall–Kier alpha value is -2.97. The molecule has 33 heavy (non-hydrogen) atoms. The van der Waals surface area contributed by atoms with Crippen molar-refractivity contribution >= 4 is 17.5 Å². The van der Waals surface area contributed by atoms with Crippen LogP contribution in [0.5, 0.6) is 0 Å². The molecule has 0 saturated carbocycles. The van der Waals surface area contributed by atoms with Crippen LogP contribution in [0, 0.1) is 11.2 Å². The molecule has 1 atom stereocenters. The maximum Gasteiger partial charge on any atom is 0.327 e. The standard InChI is InChI=1S/C25H32FN5O2/c1-33-25(32)23(18-2-6-20(26)7-3-18)31-12-10-22(11-13-31)30-16-14-29(15-17-30)21-8-4-19(5-9-21)24(27)28/h2-9,22-23H,10-17H2,1H3,(H3,27,28).